The van der Waals surface area contributed by atoms with Crippen LogP contribution in [0.1, 0.15) is 53.8 Å². The van der Waals surface area contributed by atoms with Crippen molar-refractivity contribution < 1.29 is 0 Å². The van der Waals surface area contributed by atoms with Crippen LogP contribution >= 0.6 is 0 Å². The third-order valence-electron chi connectivity index (χ3n) is 7.96. The summed E-state index contributed by atoms with van der Waals surface area (Å²) in [6.07, 6.45) is 3.46. The summed E-state index contributed by atoms with van der Waals surface area (Å²) in [5, 5.41) is 0. The molecule has 2 heterocycles. The molecule has 2 aromatic carbocycles. The monoisotopic (exact) mass is 413 g/mol. The first-order chi connectivity index (χ1) is 14.9. The van der Waals surface area contributed by atoms with Crippen molar-refractivity contribution in [3.05, 3.63) is 87.0 Å². The molecule has 1 fully saturated rings. The van der Waals surface area contributed by atoms with Gasteiger partial charge in [-0.1, -0.05) is 43.3 Å². The maximum Gasteiger partial charge on any atom is 0.260 e. The Morgan fingerprint density at radius 2 is 1.74 bits per heavy atom. The molecule has 0 unspecified atom stereocenters. The van der Waals surface area contributed by atoms with E-state index in [1.807, 2.05) is 19.1 Å². The summed E-state index contributed by atoms with van der Waals surface area (Å²) in [5.41, 5.74) is 6.63. The van der Waals surface area contributed by atoms with Crippen LogP contribution in [0.5, 0.6) is 0 Å². The quantitative estimate of drug-likeness (QED) is 0.586. The Kier molecular flexibility index (Phi) is 4.76. The molecule has 0 saturated carbocycles. The van der Waals surface area contributed by atoms with Crippen LogP contribution < -0.4 is 10.5 Å². The zero-order valence-corrected chi connectivity index (χ0v) is 19.0. The van der Waals surface area contributed by atoms with Gasteiger partial charge in [0.15, 0.2) is 0 Å². The predicted molar refractivity (Wildman–Crippen MR) is 126 cm³/mol. The van der Waals surface area contributed by atoms with Gasteiger partial charge in [-0.15, -0.1) is 0 Å². The van der Waals surface area contributed by atoms with E-state index in [4.69, 9.17) is 4.98 Å². The van der Waals surface area contributed by atoms with Crippen LogP contribution in [0.15, 0.2) is 53.3 Å². The van der Waals surface area contributed by atoms with Crippen LogP contribution in [-0.2, 0) is 6.42 Å². The number of fused-ring (bicyclic) bond motifs is 1. The van der Waals surface area contributed by atoms with E-state index in [1.54, 1.807) is 10.6 Å². The van der Waals surface area contributed by atoms with Crippen LogP contribution in [0.2, 0.25) is 0 Å². The summed E-state index contributed by atoms with van der Waals surface area (Å²) < 4.78 is 1.74. The summed E-state index contributed by atoms with van der Waals surface area (Å²) in [5.74, 6) is 2.16. The number of rotatable bonds is 2. The molecular weight excluding hydrogens is 382 g/mol. The predicted octanol–water partition coefficient (Wildman–Crippen LogP) is 5.10. The molecule has 1 aliphatic heterocycles. The average Bonchev–Trinajstić information content (AvgIpc) is 3.02. The lowest BCUT2D eigenvalue weighted by Crippen LogP contribution is -2.42. The minimum Gasteiger partial charge on any atom is -0.356 e. The molecule has 0 N–H and O–H groups in total. The van der Waals surface area contributed by atoms with E-state index in [9.17, 15) is 4.79 Å². The smallest absolute Gasteiger partial charge is 0.260 e. The molecule has 4 heteroatoms. The van der Waals surface area contributed by atoms with E-state index < -0.39 is 0 Å². The first-order valence-corrected chi connectivity index (χ1v) is 11.4. The lowest BCUT2D eigenvalue weighted by atomic mass is 9.70. The highest BCUT2D eigenvalue weighted by molar-refractivity contribution is 5.48. The fourth-order valence-electron chi connectivity index (χ4n) is 5.79. The van der Waals surface area contributed by atoms with Crippen LogP contribution in [0, 0.1) is 26.2 Å². The fraction of sp³-hybridized carbons (Fsp3) is 0.407. The summed E-state index contributed by atoms with van der Waals surface area (Å²) in [6, 6.07) is 16.7. The second-order valence-electron chi connectivity index (χ2n) is 9.50. The molecule has 1 aromatic heterocycles. The number of anilines is 1. The Bertz CT molecular complexity index is 1200. The average molecular weight is 414 g/mol. The number of aromatic nitrogens is 2. The van der Waals surface area contributed by atoms with Crippen molar-refractivity contribution in [2.75, 3.05) is 18.0 Å². The Morgan fingerprint density at radius 1 is 1.00 bits per heavy atom. The van der Waals surface area contributed by atoms with Crippen molar-refractivity contribution in [1.29, 1.82) is 0 Å². The Labute approximate surface area is 184 Å². The number of benzene rings is 2. The second kappa shape index (κ2) is 7.37. The maximum atomic E-state index is 13.1. The summed E-state index contributed by atoms with van der Waals surface area (Å²) in [6.45, 7) is 10.4. The molecule has 5 rings (SSSR count). The zero-order chi connectivity index (χ0) is 21.8. The van der Waals surface area contributed by atoms with Crippen molar-refractivity contribution in [3.8, 4) is 5.69 Å². The van der Waals surface area contributed by atoms with Gasteiger partial charge < -0.3 is 4.90 Å². The summed E-state index contributed by atoms with van der Waals surface area (Å²) >= 11 is 0. The van der Waals surface area contributed by atoms with Crippen molar-refractivity contribution in [2.24, 2.45) is 5.41 Å². The third kappa shape index (κ3) is 3.20. The van der Waals surface area contributed by atoms with Crippen LogP contribution in [-0.4, -0.2) is 22.6 Å². The standard InChI is InChI=1S/C27H31N3O/c1-18-8-7-11-24(19(18)2)30-21(4)28-25(16-26(30)31)29-14-12-27(13-15-29)17-22-9-5-6-10-23(22)20(27)3/h5-11,16,20H,12-15,17H2,1-4H3/t20-/m1/s1. The Morgan fingerprint density at radius 3 is 2.45 bits per heavy atom. The maximum absolute atomic E-state index is 13.1. The zero-order valence-electron chi connectivity index (χ0n) is 19.0. The second-order valence-corrected chi connectivity index (χ2v) is 9.50. The molecule has 0 radical (unpaired) electrons. The first-order valence-electron chi connectivity index (χ1n) is 11.4. The number of hydrogen-bond acceptors (Lipinski definition) is 3. The van der Waals surface area contributed by atoms with Gasteiger partial charge in [0.1, 0.15) is 11.6 Å². The van der Waals surface area contributed by atoms with E-state index in [0.29, 0.717) is 11.3 Å². The van der Waals surface area contributed by atoms with E-state index >= 15 is 0 Å². The Hall–Kier alpha value is -2.88. The van der Waals surface area contributed by atoms with Gasteiger partial charge in [-0.05, 0) is 79.7 Å². The van der Waals surface area contributed by atoms with Crippen molar-refractivity contribution >= 4 is 5.82 Å². The molecule has 3 aromatic rings. The molecule has 2 aliphatic rings. The number of piperidine rings is 1. The van der Waals surface area contributed by atoms with E-state index in [1.165, 1.54) is 23.1 Å². The molecule has 1 aliphatic carbocycles. The lowest BCUT2D eigenvalue weighted by molar-refractivity contribution is 0.194. The molecule has 1 atom stereocenters. The molecular formula is C27H31N3O. The van der Waals surface area contributed by atoms with Gasteiger partial charge in [-0.25, -0.2) is 4.98 Å². The fourth-order valence-corrected chi connectivity index (χ4v) is 5.79. The lowest BCUT2D eigenvalue weighted by Gasteiger charge is -2.43. The van der Waals surface area contributed by atoms with E-state index in [2.05, 4.69) is 56.0 Å². The summed E-state index contributed by atoms with van der Waals surface area (Å²) in [4.78, 5) is 20.3. The highest BCUT2D eigenvalue weighted by atomic mass is 16.1. The van der Waals surface area contributed by atoms with Gasteiger partial charge >= 0.3 is 0 Å². The first kappa shape index (κ1) is 20.0. The van der Waals surface area contributed by atoms with Gasteiger partial charge in [0.25, 0.3) is 5.56 Å². The summed E-state index contributed by atoms with van der Waals surface area (Å²) in [7, 11) is 0. The number of hydrogen-bond donors (Lipinski definition) is 0. The molecule has 31 heavy (non-hydrogen) atoms. The van der Waals surface area contributed by atoms with Crippen LogP contribution in [0.3, 0.4) is 0 Å². The van der Waals surface area contributed by atoms with Gasteiger partial charge in [0, 0.05) is 19.2 Å². The largest absolute Gasteiger partial charge is 0.356 e. The number of aryl methyl sites for hydroxylation is 2. The van der Waals surface area contributed by atoms with Gasteiger partial charge in [-0.3, -0.25) is 9.36 Å². The molecule has 4 nitrogen and oxygen atoms in total. The molecule has 0 bridgehead atoms. The Balaban J connectivity index is 1.40. The highest BCUT2D eigenvalue weighted by Crippen LogP contribution is 2.53. The highest BCUT2D eigenvalue weighted by Gasteiger charge is 2.45. The topological polar surface area (TPSA) is 38.1 Å². The third-order valence-corrected chi connectivity index (χ3v) is 7.96. The van der Waals surface area contributed by atoms with Crippen molar-refractivity contribution in [1.82, 2.24) is 9.55 Å². The van der Waals surface area contributed by atoms with Gasteiger partial charge in [-0.2, -0.15) is 0 Å². The molecule has 160 valence electrons. The van der Waals surface area contributed by atoms with Crippen molar-refractivity contribution in [2.45, 2.75) is 52.9 Å². The molecule has 1 spiro atoms. The van der Waals surface area contributed by atoms with Crippen molar-refractivity contribution in [3.63, 3.8) is 0 Å². The van der Waals surface area contributed by atoms with Gasteiger partial charge in [0.05, 0.1) is 5.69 Å². The van der Waals surface area contributed by atoms with Gasteiger partial charge in [0.2, 0.25) is 0 Å². The van der Waals surface area contributed by atoms with E-state index in [0.717, 1.165) is 48.8 Å². The van der Waals surface area contributed by atoms with E-state index in [-0.39, 0.29) is 5.56 Å². The molecule has 0 amide bonds. The number of nitrogens with zero attached hydrogens (tertiary/aromatic N) is 3. The van der Waals surface area contributed by atoms with Crippen LogP contribution in [0.25, 0.3) is 5.69 Å². The SMILES string of the molecule is Cc1cccc(-n2c(C)nc(N3CCC4(CC3)Cc3ccccc3[C@H]4C)cc2=O)c1C. The molecule has 1 saturated heterocycles. The minimum absolute atomic E-state index is 0.00173. The van der Waals surface area contributed by atoms with Crippen LogP contribution in [0.4, 0.5) is 5.82 Å². The minimum atomic E-state index is -0.00173. The normalized spacial score (nSPS) is 19.6.